The molecule has 0 N–H and O–H groups in total. The molecule has 0 unspecified atom stereocenters. The van der Waals surface area contributed by atoms with Crippen LogP contribution in [0.1, 0.15) is 45.7 Å². The van der Waals surface area contributed by atoms with Gasteiger partial charge in [-0.25, -0.2) is 0 Å². The molecule has 5 nitrogen and oxygen atoms in total. The van der Waals surface area contributed by atoms with Crippen molar-refractivity contribution >= 4 is 57.2 Å². The predicted molar refractivity (Wildman–Crippen MR) is 236 cm³/mol. The SMILES string of the molecule is CC(C)(C)Cc1ccc2o[c-]c(-c3nc4ccccc4n3-c3ccc4c(c3)oc3ccccc34)c2c1.CC(C)Cc1cc(-c2[c-]cccc2)ncc1[Si](C)(C)C.[Ir]. The quantitative estimate of drug-likeness (QED) is 0.118. The van der Waals surface area contributed by atoms with Crippen molar-refractivity contribution < 1.29 is 28.9 Å². The van der Waals surface area contributed by atoms with Crippen molar-refractivity contribution in [3.05, 3.63) is 145 Å². The van der Waals surface area contributed by atoms with Gasteiger partial charge in [-0.1, -0.05) is 131 Å². The number of imidazole rings is 1. The average Bonchev–Trinajstić information content (AvgIpc) is 3.86. The summed E-state index contributed by atoms with van der Waals surface area (Å²) in [7, 11) is -1.34. The molecule has 0 atom stereocenters. The molecule has 0 amide bonds. The molecule has 4 heterocycles. The monoisotopic (exact) mass is 944 g/mol. The largest absolute Gasteiger partial charge is 0.557 e. The van der Waals surface area contributed by atoms with E-state index in [0.717, 1.165) is 85.1 Å². The number of hydrogen-bond donors (Lipinski definition) is 0. The van der Waals surface area contributed by atoms with Gasteiger partial charge in [0.15, 0.2) is 0 Å². The fraction of sp³-hybridized carbons (Fsp3) is 0.240. The van der Waals surface area contributed by atoms with Crippen LogP contribution in [0.5, 0.6) is 0 Å². The van der Waals surface area contributed by atoms with Crippen molar-refractivity contribution in [3.63, 3.8) is 0 Å². The fourth-order valence-corrected chi connectivity index (χ4v) is 9.29. The summed E-state index contributed by atoms with van der Waals surface area (Å²) in [5.41, 5.74) is 11.4. The molecule has 0 fully saturated rings. The Morgan fingerprint density at radius 1 is 0.772 bits per heavy atom. The number of rotatable bonds is 7. The molecule has 0 spiro atoms. The predicted octanol–water partition coefficient (Wildman–Crippen LogP) is 13.0. The van der Waals surface area contributed by atoms with Gasteiger partial charge in [-0.3, -0.25) is 4.98 Å². The first-order valence-corrected chi connectivity index (χ1v) is 23.1. The van der Waals surface area contributed by atoms with E-state index in [2.05, 4.69) is 137 Å². The molecular weight excluding hydrogens is 895 g/mol. The number of nitrogens with zero attached hydrogens (tertiary/aromatic N) is 3. The Kier molecular flexibility index (Phi) is 11.3. The Morgan fingerprint density at radius 3 is 2.28 bits per heavy atom. The van der Waals surface area contributed by atoms with E-state index < -0.39 is 8.07 Å². The maximum absolute atomic E-state index is 6.21. The standard InChI is InChI=1S/C32H25N2O2.C18H24NSi.Ir/c1-32(2,3)18-20-12-15-28-24(16-20)25(19-35-28)31-33-26-9-5-6-10-27(26)34(31)21-13-14-23-22-8-4-7-11-29(22)36-30(23)17-21;1-14(2)11-16-12-17(15-9-7-6-8-10-15)19-13-18(16)20(3,4)5;/h4-17H,18H2,1-3H3;6-9,12-14H,11H2,1-5H3;/q2*-1;. The van der Waals surface area contributed by atoms with Crippen molar-refractivity contribution in [1.29, 1.82) is 0 Å². The van der Waals surface area contributed by atoms with Gasteiger partial charge in [0.05, 0.1) is 24.9 Å². The van der Waals surface area contributed by atoms with Gasteiger partial charge in [0.1, 0.15) is 11.2 Å². The van der Waals surface area contributed by atoms with Gasteiger partial charge in [-0.15, -0.1) is 35.9 Å². The zero-order chi connectivity index (χ0) is 39.2. The van der Waals surface area contributed by atoms with Crippen molar-refractivity contribution in [1.82, 2.24) is 14.5 Å². The zero-order valence-electron chi connectivity index (χ0n) is 34.0. The van der Waals surface area contributed by atoms with Crippen LogP contribution in [0.2, 0.25) is 19.6 Å². The maximum Gasteiger partial charge on any atom is 0.137 e. The van der Waals surface area contributed by atoms with E-state index in [1.165, 1.54) is 16.3 Å². The molecule has 4 aromatic heterocycles. The van der Waals surface area contributed by atoms with Gasteiger partial charge in [0.25, 0.3) is 0 Å². The minimum Gasteiger partial charge on any atom is -0.557 e. The van der Waals surface area contributed by atoms with E-state index in [0.29, 0.717) is 5.92 Å². The maximum atomic E-state index is 6.21. The Bertz CT molecular complexity index is 2820. The smallest absolute Gasteiger partial charge is 0.137 e. The van der Waals surface area contributed by atoms with Crippen molar-refractivity contribution in [2.45, 2.75) is 67.1 Å². The van der Waals surface area contributed by atoms with E-state index in [1.807, 2.05) is 60.7 Å². The molecule has 5 aromatic carbocycles. The molecule has 0 bridgehead atoms. The zero-order valence-corrected chi connectivity index (χ0v) is 37.4. The van der Waals surface area contributed by atoms with E-state index in [9.17, 15) is 0 Å². The second kappa shape index (κ2) is 16.1. The first-order valence-electron chi connectivity index (χ1n) is 19.6. The number of hydrogen-bond acceptors (Lipinski definition) is 4. The number of aromatic nitrogens is 3. The molecule has 0 aliphatic carbocycles. The van der Waals surface area contributed by atoms with Crippen LogP contribution in [0.3, 0.4) is 0 Å². The van der Waals surface area contributed by atoms with Gasteiger partial charge in [0.2, 0.25) is 0 Å². The van der Waals surface area contributed by atoms with Crippen molar-refractivity contribution in [2.24, 2.45) is 11.3 Å². The summed E-state index contributed by atoms with van der Waals surface area (Å²) in [5.74, 6) is 1.47. The fourth-order valence-electron chi connectivity index (χ4n) is 7.70. The second-order valence-electron chi connectivity index (χ2n) is 17.5. The summed E-state index contributed by atoms with van der Waals surface area (Å²) >= 11 is 0. The Balaban J connectivity index is 0.000000202. The van der Waals surface area contributed by atoms with Crippen molar-refractivity contribution in [2.75, 3.05) is 0 Å². The molecule has 0 saturated carbocycles. The topological polar surface area (TPSA) is 57.0 Å². The van der Waals surface area contributed by atoms with Gasteiger partial charge >= 0.3 is 0 Å². The molecule has 0 aliphatic rings. The molecular formula is C50H49IrN3O2Si-2. The van der Waals surface area contributed by atoms with Gasteiger partial charge in [-0.05, 0) is 65.4 Å². The van der Waals surface area contributed by atoms with Crippen LogP contribution in [-0.2, 0) is 32.9 Å². The third-order valence-corrected chi connectivity index (χ3v) is 12.2. The van der Waals surface area contributed by atoms with Crippen LogP contribution in [0, 0.1) is 23.7 Å². The third-order valence-electron chi connectivity index (χ3n) is 10.1. The summed E-state index contributed by atoms with van der Waals surface area (Å²) < 4.78 is 14.3. The number of furan rings is 2. The van der Waals surface area contributed by atoms with Crippen LogP contribution in [0.25, 0.3) is 72.3 Å². The van der Waals surface area contributed by atoms with E-state index in [-0.39, 0.29) is 25.5 Å². The molecule has 0 aliphatic heterocycles. The molecule has 9 aromatic rings. The molecule has 9 rings (SSSR count). The van der Waals surface area contributed by atoms with Gasteiger partial charge < -0.3 is 18.4 Å². The minimum absolute atomic E-state index is 0. The van der Waals surface area contributed by atoms with Gasteiger partial charge in [0, 0.05) is 60.7 Å². The number of para-hydroxylation sites is 3. The second-order valence-corrected chi connectivity index (χ2v) is 22.6. The average molecular weight is 944 g/mol. The van der Waals surface area contributed by atoms with Crippen molar-refractivity contribution in [3.8, 4) is 28.3 Å². The van der Waals surface area contributed by atoms with Crippen LogP contribution in [0.4, 0.5) is 0 Å². The Morgan fingerprint density at radius 2 is 1.53 bits per heavy atom. The molecule has 0 saturated heterocycles. The minimum atomic E-state index is -1.34. The van der Waals surface area contributed by atoms with Crippen LogP contribution in [0.15, 0.2) is 130 Å². The van der Waals surface area contributed by atoms with E-state index in [4.69, 9.17) is 13.8 Å². The van der Waals surface area contributed by atoms with E-state index >= 15 is 0 Å². The summed E-state index contributed by atoms with van der Waals surface area (Å²) in [6.07, 6.45) is 7.39. The van der Waals surface area contributed by atoms with E-state index in [1.54, 1.807) is 0 Å². The van der Waals surface area contributed by atoms with Crippen LogP contribution in [-0.4, -0.2) is 22.6 Å². The molecule has 1 radical (unpaired) electrons. The molecule has 291 valence electrons. The summed E-state index contributed by atoms with van der Waals surface area (Å²) in [4.78, 5) is 9.74. The first-order chi connectivity index (χ1) is 26.8. The summed E-state index contributed by atoms with van der Waals surface area (Å²) in [6.45, 7) is 18.5. The normalized spacial score (nSPS) is 12.0. The van der Waals surface area contributed by atoms with Gasteiger partial charge in [-0.2, -0.15) is 0 Å². The number of benzene rings is 5. The number of pyridine rings is 1. The number of fused-ring (bicyclic) bond motifs is 5. The van der Waals surface area contributed by atoms with Crippen LogP contribution < -0.4 is 5.19 Å². The Hall–Kier alpha value is -5.07. The van der Waals surface area contributed by atoms with Crippen LogP contribution >= 0.6 is 0 Å². The Labute approximate surface area is 350 Å². The summed E-state index contributed by atoms with van der Waals surface area (Å²) in [5, 5.41) is 4.74. The summed E-state index contributed by atoms with van der Waals surface area (Å²) in [6, 6.07) is 42.8. The molecule has 7 heteroatoms. The first kappa shape index (κ1) is 40.1. The third kappa shape index (κ3) is 8.48. The molecule has 57 heavy (non-hydrogen) atoms.